The van der Waals surface area contributed by atoms with E-state index in [1.54, 1.807) is 0 Å². The average molecular weight is 156 g/mol. The summed E-state index contributed by atoms with van der Waals surface area (Å²) in [6.45, 7) is 7.17. The standard InChI is InChI=1S/C10H20O/c1-4-7-8-9-10(5-2)11-6-3/h9H,4-8H2,1-3H3/b10-9+. The highest BCUT2D eigenvalue weighted by molar-refractivity contribution is 4.91. The highest BCUT2D eigenvalue weighted by Gasteiger charge is 1.90. The number of allylic oxidation sites excluding steroid dienone is 2. The lowest BCUT2D eigenvalue weighted by molar-refractivity contribution is 0.219. The molecule has 66 valence electrons. The van der Waals surface area contributed by atoms with Gasteiger partial charge in [-0.3, -0.25) is 0 Å². The van der Waals surface area contributed by atoms with Crippen molar-refractivity contribution in [2.75, 3.05) is 6.61 Å². The van der Waals surface area contributed by atoms with Crippen LogP contribution in [0, 0.1) is 0 Å². The lowest BCUT2D eigenvalue weighted by Crippen LogP contribution is -1.89. The second kappa shape index (κ2) is 7.64. The molecule has 0 spiro atoms. The van der Waals surface area contributed by atoms with Gasteiger partial charge in [-0.25, -0.2) is 0 Å². The summed E-state index contributed by atoms with van der Waals surface area (Å²) in [5, 5.41) is 0. The molecule has 0 N–H and O–H groups in total. The van der Waals surface area contributed by atoms with Crippen LogP contribution in [-0.4, -0.2) is 6.61 Å². The van der Waals surface area contributed by atoms with E-state index < -0.39 is 0 Å². The molecule has 11 heavy (non-hydrogen) atoms. The van der Waals surface area contributed by atoms with E-state index in [2.05, 4.69) is 19.9 Å². The van der Waals surface area contributed by atoms with Gasteiger partial charge in [-0.2, -0.15) is 0 Å². The number of hydrogen-bond acceptors (Lipinski definition) is 1. The van der Waals surface area contributed by atoms with Crippen molar-refractivity contribution < 1.29 is 4.74 Å². The van der Waals surface area contributed by atoms with Crippen LogP contribution in [0.25, 0.3) is 0 Å². The number of unbranched alkanes of at least 4 members (excludes halogenated alkanes) is 2. The maximum absolute atomic E-state index is 5.40. The van der Waals surface area contributed by atoms with E-state index in [9.17, 15) is 0 Å². The van der Waals surface area contributed by atoms with E-state index in [0.717, 1.165) is 18.8 Å². The molecule has 0 unspecified atom stereocenters. The first-order valence-corrected chi connectivity index (χ1v) is 4.66. The predicted molar refractivity (Wildman–Crippen MR) is 49.5 cm³/mol. The first kappa shape index (κ1) is 10.5. The van der Waals surface area contributed by atoms with E-state index in [0.29, 0.717) is 0 Å². The van der Waals surface area contributed by atoms with Crippen LogP contribution >= 0.6 is 0 Å². The molecule has 1 heteroatoms. The molecule has 0 aliphatic heterocycles. The van der Waals surface area contributed by atoms with Crippen LogP contribution < -0.4 is 0 Å². The van der Waals surface area contributed by atoms with Crippen molar-refractivity contribution in [1.82, 2.24) is 0 Å². The summed E-state index contributed by atoms with van der Waals surface area (Å²) in [4.78, 5) is 0. The molecule has 0 radical (unpaired) electrons. The fourth-order valence-electron chi connectivity index (χ4n) is 0.958. The third-order valence-corrected chi connectivity index (χ3v) is 1.61. The molecule has 0 aromatic rings. The normalized spacial score (nSPS) is 11.7. The lowest BCUT2D eigenvalue weighted by atomic mass is 10.2. The summed E-state index contributed by atoms with van der Waals surface area (Å²) in [5.41, 5.74) is 0. The number of rotatable bonds is 6. The summed E-state index contributed by atoms with van der Waals surface area (Å²) in [7, 11) is 0. The van der Waals surface area contributed by atoms with Crippen molar-refractivity contribution in [2.45, 2.75) is 46.5 Å². The average Bonchev–Trinajstić information content (AvgIpc) is 2.03. The Balaban J connectivity index is 3.52. The van der Waals surface area contributed by atoms with Crippen molar-refractivity contribution in [3.05, 3.63) is 11.8 Å². The van der Waals surface area contributed by atoms with Crippen LogP contribution in [0.4, 0.5) is 0 Å². The molecule has 0 bridgehead atoms. The predicted octanol–water partition coefficient (Wildman–Crippen LogP) is 3.51. The van der Waals surface area contributed by atoms with E-state index in [1.165, 1.54) is 19.3 Å². The SMILES string of the molecule is CCCC/C=C(\CC)OCC. The van der Waals surface area contributed by atoms with Gasteiger partial charge in [0.25, 0.3) is 0 Å². The summed E-state index contributed by atoms with van der Waals surface area (Å²) >= 11 is 0. The van der Waals surface area contributed by atoms with Gasteiger partial charge >= 0.3 is 0 Å². The molecule has 0 aromatic carbocycles. The third-order valence-electron chi connectivity index (χ3n) is 1.61. The molecule has 0 fully saturated rings. The zero-order chi connectivity index (χ0) is 8.53. The summed E-state index contributed by atoms with van der Waals surface area (Å²) in [6.07, 6.45) is 6.94. The molecule has 0 atom stereocenters. The van der Waals surface area contributed by atoms with E-state index in [4.69, 9.17) is 4.74 Å². The van der Waals surface area contributed by atoms with E-state index in [-0.39, 0.29) is 0 Å². The largest absolute Gasteiger partial charge is 0.499 e. The van der Waals surface area contributed by atoms with Crippen LogP contribution in [0.3, 0.4) is 0 Å². The van der Waals surface area contributed by atoms with Gasteiger partial charge in [0.15, 0.2) is 0 Å². The van der Waals surface area contributed by atoms with Gasteiger partial charge in [0.05, 0.1) is 12.4 Å². The Morgan fingerprint density at radius 1 is 1.27 bits per heavy atom. The van der Waals surface area contributed by atoms with Gasteiger partial charge in [0.2, 0.25) is 0 Å². The topological polar surface area (TPSA) is 9.23 Å². The Bertz CT molecular complexity index is 105. The van der Waals surface area contributed by atoms with Crippen molar-refractivity contribution in [1.29, 1.82) is 0 Å². The highest BCUT2D eigenvalue weighted by Crippen LogP contribution is 2.06. The van der Waals surface area contributed by atoms with E-state index in [1.807, 2.05) is 6.92 Å². The van der Waals surface area contributed by atoms with Gasteiger partial charge in [0, 0.05) is 6.42 Å². The van der Waals surface area contributed by atoms with Gasteiger partial charge in [-0.1, -0.05) is 20.3 Å². The Kier molecular flexibility index (Phi) is 7.33. The van der Waals surface area contributed by atoms with Crippen LogP contribution in [0.1, 0.15) is 46.5 Å². The zero-order valence-corrected chi connectivity index (χ0v) is 8.02. The summed E-state index contributed by atoms with van der Waals surface area (Å²) < 4.78 is 5.40. The molecular formula is C10H20O. The third kappa shape index (κ3) is 5.96. The quantitative estimate of drug-likeness (QED) is 0.422. The summed E-state index contributed by atoms with van der Waals surface area (Å²) in [5.74, 6) is 1.15. The van der Waals surface area contributed by atoms with Crippen LogP contribution in [0.2, 0.25) is 0 Å². The maximum atomic E-state index is 5.40. The van der Waals surface area contributed by atoms with Gasteiger partial charge in [0.1, 0.15) is 0 Å². The van der Waals surface area contributed by atoms with Gasteiger partial charge in [-0.15, -0.1) is 0 Å². The molecule has 0 saturated carbocycles. The van der Waals surface area contributed by atoms with Gasteiger partial charge in [-0.05, 0) is 25.8 Å². The first-order valence-electron chi connectivity index (χ1n) is 4.66. The lowest BCUT2D eigenvalue weighted by Gasteiger charge is -2.04. The van der Waals surface area contributed by atoms with Crippen LogP contribution in [-0.2, 0) is 4.74 Å². The Morgan fingerprint density at radius 2 is 2.00 bits per heavy atom. The first-order chi connectivity index (χ1) is 5.35. The van der Waals surface area contributed by atoms with E-state index >= 15 is 0 Å². The highest BCUT2D eigenvalue weighted by atomic mass is 16.5. The molecule has 0 aromatic heterocycles. The van der Waals surface area contributed by atoms with Crippen molar-refractivity contribution in [3.63, 3.8) is 0 Å². The van der Waals surface area contributed by atoms with Crippen LogP contribution in [0.15, 0.2) is 11.8 Å². The fraction of sp³-hybridized carbons (Fsp3) is 0.800. The molecule has 0 rings (SSSR count). The minimum Gasteiger partial charge on any atom is -0.499 e. The fourth-order valence-corrected chi connectivity index (χ4v) is 0.958. The molecule has 0 saturated heterocycles. The number of ether oxygens (including phenoxy) is 1. The number of hydrogen-bond donors (Lipinski definition) is 0. The minimum atomic E-state index is 0.797. The molecule has 0 heterocycles. The second-order valence-corrected chi connectivity index (χ2v) is 2.60. The molecule has 1 nitrogen and oxygen atoms in total. The maximum Gasteiger partial charge on any atom is 0.0917 e. The molecule has 0 aliphatic rings. The zero-order valence-electron chi connectivity index (χ0n) is 8.02. The van der Waals surface area contributed by atoms with Crippen molar-refractivity contribution >= 4 is 0 Å². The summed E-state index contributed by atoms with van der Waals surface area (Å²) in [6, 6.07) is 0. The minimum absolute atomic E-state index is 0.797. The monoisotopic (exact) mass is 156 g/mol. The molecular weight excluding hydrogens is 136 g/mol. The smallest absolute Gasteiger partial charge is 0.0917 e. The Labute approximate surface area is 70.4 Å². The Hall–Kier alpha value is -0.460. The molecule has 0 aliphatic carbocycles. The van der Waals surface area contributed by atoms with Crippen molar-refractivity contribution in [2.24, 2.45) is 0 Å². The van der Waals surface area contributed by atoms with Crippen molar-refractivity contribution in [3.8, 4) is 0 Å². The molecule has 0 amide bonds. The Morgan fingerprint density at radius 3 is 2.45 bits per heavy atom. The van der Waals surface area contributed by atoms with Gasteiger partial charge < -0.3 is 4.74 Å². The second-order valence-electron chi connectivity index (χ2n) is 2.60. The van der Waals surface area contributed by atoms with Crippen LogP contribution in [0.5, 0.6) is 0 Å².